The molecule has 7 nitrogen and oxygen atoms in total. The molecule has 22 heavy (non-hydrogen) atoms. The topological polar surface area (TPSA) is 89.6 Å². The van der Waals surface area contributed by atoms with E-state index in [2.05, 4.69) is 20.4 Å². The number of hydrogen-bond donors (Lipinski definition) is 1. The van der Waals surface area contributed by atoms with Gasteiger partial charge in [0.15, 0.2) is 5.16 Å². The van der Waals surface area contributed by atoms with Crippen LogP contribution in [0.25, 0.3) is 10.8 Å². The highest BCUT2D eigenvalue weighted by Gasteiger charge is 2.20. The van der Waals surface area contributed by atoms with E-state index in [1.165, 1.54) is 11.8 Å². The van der Waals surface area contributed by atoms with Gasteiger partial charge >= 0.3 is 5.69 Å². The van der Waals surface area contributed by atoms with Gasteiger partial charge in [0.2, 0.25) is 5.89 Å². The van der Waals surface area contributed by atoms with Crippen LogP contribution < -0.4 is 5.69 Å². The highest BCUT2D eigenvalue weighted by atomic mass is 32.2. The van der Waals surface area contributed by atoms with Crippen LogP contribution in [0.5, 0.6) is 0 Å². The molecule has 0 aliphatic heterocycles. The molecule has 0 saturated carbocycles. The van der Waals surface area contributed by atoms with E-state index in [0.717, 1.165) is 11.3 Å². The average Bonchev–Trinajstić information content (AvgIpc) is 3.22. The van der Waals surface area contributed by atoms with Crippen molar-refractivity contribution in [3.63, 3.8) is 0 Å². The molecule has 9 heteroatoms. The van der Waals surface area contributed by atoms with E-state index in [1.807, 2.05) is 31.4 Å². The summed E-state index contributed by atoms with van der Waals surface area (Å²) >= 11 is 2.97. The first-order chi connectivity index (χ1) is 10.7. The van der Waals surface area contributed by atoms with Crippen LogP contribution in [0.1, 0.15) is 31.4 Å². The molecular weight excluding hydrogens is 322 g/mol. The van der Waals surface area contributed by atoms with E-state index in [-0.39, 0.29) is 10.9 Å². The minimum atomic E-state index is -0.193. The molecule has 3 aromatic heterocycles. The van der Waals surface area contributed by atoms with Crippen LogP contribution in [0.2, 0.25) is 0 Å². The molecule has 1 atom stereocenters. The maximum absolute atomic E-state index is 11.7. The second-order valence-corrected chi connectivity index (χ2v) is 6.90. The quantitative estimate of drug-likeness (QED) is 0.696. The molecule has 3 aromatic rings. The summed E-state index contributed by atoms with van der Waals surface area (Å²) in [5.41, 5.74) is -0.193. The monoisotopic (exact) mass is 337 g/mol. The normalized spacial score (nSPS) is 12.6. The Morgan fingerprint density at radius 3 is 3.09 bits per heavy atom. The number of aromatic nitrogens is 5. The zero-order valence-corrected chi connectivity index (χ0v) is 13.8. The lowest BCUT2D eigenvalue weighted by Crippen LogP contribution is -2.17. The standard InChI is InChI=1S/C13H15N5O2S2/c1-3-6-18-12(19)16-17-13(18)22-8(2)10-14-15-11(20-10)9-5-4-7-21-9/h4-5,7-8H,3,6H2,1-2H3,(H,16,19)/t8-/m0/s1. The second-order valence-electron chi connectivity index (χ2n) is 4.65. The Balaban J connectivity index is 1.78. The number of rotatable bonds is 6. The van der Waals surface area contributed by atoms with E-state index in [4.69, 9.17) is 4.42 Å². The van der Waals surface area contributed by atoms with Crippen molar-refractivity contribution < 1.29 is 4.42 Å². The predicted octanol–water partition coefficient (Wildman–Crippen LogP) is 2.95. The molecule has 0 spiro atoms. The Kier molecular flexibility index (Phi) is 4.44. The van der Waals surface area contributed by atoms with Crippen molar-refractivity contribution >= 4 is 23.1 Å². The molecule has 0 bridgehead atoms. The minimum absolute atomic E-state index is 0.0907. The van der Waals surface area contributed by atoms with E-state index < -0.39 is 0 Å². The third-order valence-electron chi connectivity index (χ3n) is 2.97. The van der Waals surface area contributed by atoms with Crippen molar-refractivity contribution in [3.8, 4) is 10.8 Å². The minimum Gasteiger partial charge on any atom is -0.419 e. The number of hydrogen-bond acceptors (Lipinski definition) is 7. The number of H-pyrrole nitrogens is 1. The molecule has 0 unspecified atom stereocenters. The van der Waals surface area contributed by atoms with Crippen LogP contribution >= 0.6 is 23.1 Å². The van der Waals surface area contributed by atoms with Crippen LogP contribution in [-0.4, -0.2) is 25.0 Å². The number of aromatic amines is 1. The van der Waals surface area contributed by atoms with Gasteiger partial charge in [-0.15, -0.1) is 26.6 Å². The van der Waals surface area contributed by atoms with Crippen LogP contribution in [0.15, 0.2) is 31.9 Å². The summed E-state index contributed by atoms with van der Waals surface area (Å²) in [5, 5.41) is 17.2. The van der Waals surface area contributed by atoms with Gasteiger partial charge in [-0.2, -0.15) is 0 Å². The lowest BCUT2D eigenvalue weighted by atomic mass is 10.5. The maximum Gasteiger partial charge on any atom is 0.343 e. The van der Waals surface area contributed by atoms with Gasteiger partial charge in [-0.3, -0.25) is 4.57 Å². The maximum atomic E-state index is 11.7. The molecular formula is C13H15N5O2S2. The Morgan fingerprint density at radius 2 is 2.36 bits per heavy atom. The lowest BCUT2D eigenvalue weighted by molar-refractivity contribution is 0.509. The SMILES string of the molecule is CCCn1c(S[C@@H](C)c2nnc(-c3cccs3)o2)n[nH]c1=O. The largest absolute Gasteiger partial charge is 0.419 e. The molecule has 0 aliphatic carbocycles. The van der Waals surface area contributed by atoms with Crippen LogP contribution in [0.3, 0.4) is 0 Å². The molecule has 0 aromatic carbocycles. The Bertz CT molecular complexity index is 790. The van der Waals surface area contributed by atoms with Gasteiger partial charge in [0.25, 0.3) is 5.89 Å². The summed E-state index contributed by atoms with van der Waals surface area (Å²) < 4.78 is 7.33. The zero-order valence-electron chi connectivity index (χ0n) is 12.1. The number of thioether (sulfide) groups is 1. The molecule has 0 saturated heterocycles. The van der Waals surface area contributed by atoms with E-state index >= 15 is 0 Å². The second kappa shape index (κ2) is 6.49. The molecule has 0 aliphatic rings. The van der Waals surface area contributed by atoms with Crippen molar-refractivity contribution in [1.29, 1.82) is 0 Å². The number of nitrogens with one attached hydrogen (secondary N) is 1. The van der Waals surface area contributed by atoms with E-state index in [1.54, 1.807) is 15.9 Å². The third kappa shape index (κ3) is 3.00. The summed E-state index contributed by atoms with van der Waals surface area (Å²) in [7, 11) is 0. The Morgan fingerprint density at radius 1 is 1.50 bits per heavy atom. The fourth-order valence-corrected chi connectivity index (χ4v) is 3.48. The third-order valence-corrected chi connectivity index (χ3v) is 4.91. The highest BCUT2D eigenvalue weighted by molar-refractivity contribution is 7.99. The highest BCUT2D eigenvalue weighted by Crippen LogP contribution is 2.34. The first-order valence-corrected chi connectivity index (χ1v) is 8.64. The van der Waals surface area contributed by atoms with Gasteiger partial charge < -0.3 is 4.42 Å². The average molecular weight is 337 g/mol. The molecule has 3 rings (SSSR count). The lowest BCUT2D eigenvalue weighted by Gasteiger charge is -2.06. The zero-order chi connectivity index (χ0) is 15.5. The van der Waals surface area contributed by atoms with Crippen molar-refractivity contribution in [1.82, 2.24) is 25.0 Å². The number of thiophene rings is 1. The van der Waals surface area contributed by atoms with E-state index in [0.29, 0.717) is 23.5 Å². The Hall–Kier alpha value is -1.87. The van der Waals surface area contributed by atoms with Crippen LogP contribution in [-0.2, 0) is 6.54 Å². The molecule has 116 valence electrons. The molecule has 3 heterocycles. The van der Waals surface area contributed by atoms with Crippen molar-refractivity contribution in [2.75, 3.05) is 0 Å². The van der Waals surface area contributed by atoms with Crippen molar-refractivity contribution in [3.05, 3.63) is 33.9 Å². The van der Waals surface area contributed by atoms with Crippen LogP contribution in [0.4, 0.5) is 0 Å². The summed E-state index contributed by atoms with van der Waals surface area (Å²) in [4.78, 5) is 12.6. The summed E-state index contributed by atoms with van der Waals surface area (Å²) in [6.07, 6.45) is 0.866. The van der Waals surface area contributed by atoms with Crippen LogP contribution in [0, 0.1) is 0 Å². The summed E-state index contributed by atoms with van der Waals surface area (Å²) in [5.74, 6) is 1.04. The Labute approximate surface area is 134 Å². The fourth-order valence-electron chi connectivity index (χ4n) is 1.92. The van der Waals surface area contributed by atoms with Gasteiger partial charge in [-0.1, -0.05) is 24.8 Å². The molecule has 1 N–H and O–H groups in total. The first kappa shape index (κ1) is 15.0. The molecule has 0 radical (unpaired) electrons. The smallest absolute Gasteiger partial charge is 0.343 e. The summed E-state index contributed by atoms with van der Waals surface area (Å²) in [6.45, 7) is 4.60. The van der Waals surface area contributed by atoms with Crippen molar-refractivity contribution in [2.24, 2.45) is 0 Å². The predicted molar refractivity (Wildman–Crippen MR) is 85.0 cm³/mol. The van der Waals surface area contributed by atoms with E-state index in [9.17, 15) is 4.79 Å². The van der Waals surface area contributed by atoms with Gasteiger partial charge in [0.05, 0.1) is 10.1 Å². The van der Waals surface area contributed by atoms with Gasteiger partial charge in [0, 0.05) is 6.54 Å². The van der Waals surface area contributed by atoms with Gasteiger partial charge in [0.1, 0.15) is 0 Å². The molecule has 0 fully saturated rings. The fraction of sp³-hybridized carbons (Fsp3) is 0.385. The molecule has 0 amide bonds. The van der Waals surface area contributed by atoms with Gasteiger partial charge in [-0.05, 0) is 24.8 Å². The summed E-state index contributed by atoms with van der Waals surface area (Å²) in [6, 6.07) is 3.88. The first-order valence-electron chi connectivity index (χ1n) is 6.88. The van der Waals surface area contributed by atoms with Crippen molar-refractivity contribution in [2.45, 2.75) is 37.2 Å². The van der Waals surface area contributed by atoms with Gasteiger partial charge in [-0.25, -0.2) is 9.89 Å². The number of nitrogens with zero attached hydrogens (tertiary/aromatic N) is 4.